The average Bonchev–Trinajstić information content (AvgIpc) is 2.67. The summed E-state index contributed by atoms with van der Waals surface area (Å²) in [6.07, 6.45) is 2.79. The van der Waals surface area contributed by atoms with Gasteiger partial charge in [-0.25, -0.2) is 0 Å². The highest BCUT2D eigenvalue weighted by Crippen LogP contribution is 2.17. The summed E-state index contributed by atoms with van der Waals surface area (Å²) in [4.78, 5) is 11.4. The molecule has 1 heterocycles. The zero-order chi connectivity index (χ0) is 13.0. The number of hydrogen-bond donors (Lipinski definition) is 1. The van der Waals surface area contributed by atoms with Crippen molar-refractivity contribution in [2.75, 3.05) is 12.4 Å². The van der Waals surface area contributed by atoms with Crippen LogP contribution in [0.1, 0.15) is 26.5 Å². The molecule has 5 nitrogen and oxygen atoms in total. The lowest BCUT2D eigenvalue weighted by Crippen LogP contribution is -2.30. The Morgan fingerprint density at radius 3 is 2.76 bits per heavy atom. The van der Waals surface area contributed by atoms with Crippen LogP contribution in [0.3, 0.4) is 0 Å². The van der Waals surface area contributed by atoms with Gasteiger partial charge >= 0.3 is 5.97 Å². The molecule has 0 aliphatic carbocycles. The van der Waals surface area contributed by atoms with Gasteiger partial charge in [-0.15, -0.1) is 0 Å². The number of carbonyl (C=O) groups excluding carboxylic acids is 1. The minimum Gasteiger partial charge on any atom is -0.469 e. The molecule has 0 aromatic carbocycles. The Balaban J connectivity index is 2.73. The Bertz CT molecular complexity index is 387. The molecule has 0 bridgehead atoms. The molecule has 0 aliphatic rings. The largest absolute Gasteiger partial charge is 0.469 e. The van der Waals surface area contributed by atoms with Gasteiger partial charge in [-0.05, 0) is 20.3 Å². The standard InChI is InChI=1S/C12H21N3O2/c1-6-10-11(7-15(4)14-10)13-9(3)8(2)12(16)17-5/h7-9,13H,6H2,1-5H3. The van der Waals surface area contributed by atoms with Crippen molar-refractivity contribution < 1.29 is 9.53 Å². The molecule has 2 atom stereocenters. The smallest absolute Gasteiger partial charge is 0.310 e. The Hall–Kier alpha value is -1.52. The summed E-state index contributed by atoms with van der Waals surface area (Å²) in [7, 11) is 3.30. The maximum atomic E-state index is 11.4. The predicted octanol–water partition coefficient (Wildman–Crippen LogP) is 1.59. The molecule has 1 rings (SSSR count). The van der Waals surface area contributed by atoms with Crippen LogP contribution in [0.2, 0.25) is 0 Å². The maximum absolute atomic E-state index is 11.4. The Kier molecular flexibility index (Phi) is 4.54. The van der Waals surface area contributed by atoms with Gasteiger partial charge in [-0.1, -0.05) is 6.92 Å². The van der Waals surface area contributed by atoms with Crippen molar-refractivity contribution in [3.63, 3.8) is 0 Å². The predicted molar refractivity (Wildman–Crippen MR) is 66.9 cm³/mol. The van der Waals surface area contributed by atoms with Gasteiger partial charge in [0.25, 0.3) is 0 Å². The van der Waals surface area contributed by atoms with Crippen molar-refractivity contribution in [2.45, 2.75) is 33.2 Å². The molecule has 1 aromatic heterocycles. The molecule has 2 unspecified atom stereocenters. The van der Waals surface area contributed by atoms with Gasteiger partial charge in [0.15, 0.2) is 0 Å². The quantitative estimate of drug-likeness (QED) is 0.793. The lowest BCUT2D eigenvalue weighted by atomic mass is 10.0. The number of hydrogen-bond acceptors (Lipinski definition) is 4. The summed E-state index contributed by atoms with van der Waals surface area (Å²) in [6, 6.07) is 0.0111. The number of esters is 1. The fraction of sp³-hybridized carbons (Fsp3) is 0.667. The average molecular weight is 239 g/mol. The molecule has 0 radical (unpaired) electrons. The van der Waals surface area contributed by atoms with Crippen LogP contribution in [0.5, 0.6) is 0 Å². The van der Waals surface area contributed by atoms with Crippen LogP contribution in [0.15, 0.2) is 6.20 Å². The highest BCUT2D eigenvalue weighted by Gasteiger charge is 2.21. The minimum atomic E-state index is -0.202. The third-order valence-corrected chi connectivity index (χ3v) is 2.95. The number of ether oxygens (including phenoxy) is 1. The minimum absolute atomic E-state index is 0.0111. The Morgan fingerprint density at radius 1 is 1.59 bits per heavy atom. The van der Waals surface area contributed by atoms with Crippen LogP contribution in [0.4, 0.5) is 5.69 Å². The van der Waals surface area contributed by atoms with Gasteiger partial charge < -0.3 is 10.1 Å². The molecule has 0 saturated heterocycles. The normalized spacial score (nSPS) is 14.2. The van der Waals surface area contributed by atoms with E-state index in [9.17, 15) is 4.79 Å². The summed E-state index contributed by atoms with van der Waals surface area (Å²) in [5, 5.41) is 7.66. The van der Waals surface area contributed by atoms with Gasteiger partial charge in [0, 0.05) is 19.3 Å². The topological polar surface area (TPSA) is 56.2 Å². The monoisotopic (exact) mass is 239 g/mol. The molecule has 1 aromatic rings. The molecule has 0 spiro atoms. The number of rotatable bonds is 5. The first kappa shape index (κ1) is 13.5. The summed E-state index contributed by atoms with van der Waals surface area (Å²) >= 11 is 0. The van der Waals surface area contributed by atoms with Crippen molar-refractivity contribution in [3.05, 3.63) is 11.9 Å². The van der Waals surface area contributed by atoms with Crippen molar-refractivity contribution >= 4 is 11.7 Å². The molecule has 17 heavy (non-hydrogen) atoms. The molecule has 0 aliphatic heterocycles. The molecule has 0 amide bonds. The Morgan fingerprint density at radius 2 is 2.24 bits per heavy atom. The summed E-state index contributed by atoms with van der Waals surface area (Å²) in [5.74, 6) is -0.392. The van der Waals surface area contributed by atoms with Crippen LogP contribution in [0.25, 0.3) is 0 Å². The SMILES string of the molecule is CCc1nn(C)cc1NC(C)C(C)C(=O)OC. The van der Waals surface area contributed by atoms with E-state index in [-0.39, 0.29) is 17.9 Å². The van der Waals surface area contributed by atoms with E-state index in [2.05, 4.69) is 17.3 Å². The van der Waals surface area contributed by atoms with Crippen LogP contribution in [0, 0.1) is 5.92 Å². The lowest BCUT2D eigenvalue weighted by molar-refractivity contribution is -0.145. The van der Waals surface area contributed by atoms with E-state index in [4.69, 9.17) is 4.74 Å². The lowest BCUT2D eigenvalue weighted by Gasteiger charge is -2.19. The first-order valence-electron chi connectivity index (χ1n) is 5.86. The van der Waals surface area contributed by atoms with Crippen LogP contribution in [-0.2, 0) is 23.0 Å². The molecule has 1 N–H and O–H groups in total. The maximum Gasteiger partial charge on any atom is 0.310 e. The fourth-order valence-electron chi connectivity index (χ4n) is 1.68. The molecule has 5 heteroatoms. The number of nitrogens with zero attached hydrogens (tertiary/aromatic N) is 2. The highest BCUT2D eigenvalue weighted by molar-refractivity contribution is 5.73. The molecule has 0 saturated carbocycles. The van der Waals surface area contributed by atoms with Gasteiger partial charge in [-0.2, -0.15) is 5.10 Å². The highest BCUT2D eigenvalue weighted by atomic mass is 16.5. The van der Waals surface area contributed by atoms with Crippen molar-refractivity contribution in [3.8, 4) is 0 Å². The van der Waals surface area contributed by atoms with E-state index in [0.29, 0.717) is 0 Å². The first-order valence-corrected chi connectivity index (χ1v) is 5.86. The number of aryl methyl sites for hydroxylation is 2. The van der Waals surface area contributed by atoms with Crippen molar-refractivity contribution in [2.24, 2.45) is 13.0 Å². The second-order valence-electron chi connectivity index (χ2n) is 4.26. The van der Waals surface area contributed by atoms with Gasteiger partial charge in [-0.3, -0.25) is 9.48 Å². The molecule has 96 valence electrons. The van der Waals surface area contributed by atoms with Gasteiger partial charge in [0.1, 0.15) is 0 Å². The summed E-state index contributed by atoms with van der Waals surface area (Å²) < 4.78 is 6.51. The number of aromatic nitrogens is 2. The third-order valence-electron chi connectivity index (χ3n) is 2.95. The molecular weight excluding hydrogens is 218 g/mol. The Labute approximate surface area is 102 Å². The zero-order valence-electron chi connectivity index (χ0n) is 11.2. The third kappa shape index (κ3) is 3.22. The second-order valence-corrected chi connectivity index (χ2v) is 4.26. The summed E-state index contributed by atoms with van der Waals surface area (Å²) in [6.45, 7) is 5.88. The van der Waals surface area contributed by atoms with Crippen molar-refractivity contribution in [1.29, 1.82) is 0 Å². The van der Waals surface area contributed by atoms with Crippen LogP contribution >= 0.6 is 0 Å². The van der Waals surface area contributed by atoms with E-state index >= 15 is 0 Å². The zero-order valence-corrected chi connectivity index (χ0v) is 11.2. The number of carbonyl (C=O) groups is 1. The van der Waals surface area contributed by atoms with E-state index in [1.54, 1.807) is 4.68 Å². The number of methoxy groups -OCH3 is 1. The number of nitrogens with one attached hydrogen (secondary N) is 1. The first-order chi connectivity index (χ1) is 7.99. The van der Waals surface area contributed by atoms with E-state index in [1.807, 2.05) is 27.1 Å². The molecule has 0 fully saturated rings. The number of anilines is 1. The van der Waals surface area contributed by atoms with Gasteiger partial charge in [0.2, 0.25) is 0 Å². The van der Waals surface area contributed by atoms with Gasteiger partial charge in [0.05, 0.1) is 24.4 Å². The van der Waals surface area contributed by atoms with Crippen LogP contribution in [-0.4, -0.2) is 28.9 Å². The van der Waals surface area contributed by atoms with E-state index < -0.39 is 0 Å². The van der Waals surface area contributed by atoms with Crippen LogP contribution < -0.4 is 5.32 Å². The van der Waals surface area contributed by atoms with E-state index in [0.717, 1.165) is 17.8 Å². The second kappa shape index (κ2) is 5.70. The van der Waals surface area contributed by atoms with Crippen molar-refractivity contribution in [1.82, 2.24) is 9.78 Å². The summed E-state index contributed by atoms with van der Waals surface area (Å²) in [5.41, 5.74) is 2.00. The van der Waals surface area contributed by atoms with E-state index in [1.165, 1.54) is 7.11 Å². The fourth-order valence-corrected chi connectivity index (χ4v) is 1.68. The molecular formula is C12H21N3O2.